The molecule has 1 aromatic carbocycles. The molecule has 0 unspecified atom stereocenters. The molecule has 17 heavy (non-hydrogen) atoms. The molecule has 1 aliphatic carbocycles. The number of hydrogen-bond donors (Lipinski definition) is 1. The lowest BCUT2D eigenvalue weighted by Crippen LogP contribution is -2.25. The topological polar surface area (TPSA) is 37.3 Å². The highest BCUT2D eigenvalue weighted by atomic mass is 79.9. The van der Waals surface area contributed by atoms with Crippen molar-refractivity contribution in [2.24, 2.45) is 5.92 Å². The van der Waals surface area contributed by atoms with Gasteiger partial charge in [-0.1, -0.05) is 53.0 Å². The van der Waals surface area contributed by atoms with Crippen LogP contribution in [0.5, 0.6) is 0 Å². The Labute approximate surface area is 110 Å². The average Bonchev–Trinajstić information content (AvgIpc) is 2.39. The quantitative estimate of drug-likeness (QED) is 0.858. The molecule has 1 fully saturated rings. The van der Waals surface area contributed by atoms with Crippen molar-refractivity contribution in [3.05, 3.63) is 35.4 Å². The highest BCUT2D eigenvalue weighted by Crippen LogP contribution is 2.38. The third-order valence-corrected chi connectivity index (χ3v) is 4.29. The number of alkyl halides is 1. The zero-order valence-electron chi connectivity index (χ0n) is 9.73. The number of carbonyl (C=O) groups is 1. The van der Waals surface area contributed by atoms with Crippen LogP contribution in [-0.2, 0) is 10.1 Å². The Hall–Kier alpha value is -0.830. The molecule has 0 saturated heterocycles. The Bertz CT molecular complexity index is 386. The number of halogens is 1. The van der Waals surface area contributed by atoms with Crippen molar-refractivity contribution in [3.63, 3.8) is 0 Å². The van der Waals surface area contributed by atoms with Gasteiger partial charge in [-0.25, -0.2) is 0 Å². The largest absolute Gasteiger partial charge is 0.481 e. The van der Waals surface area contributed by atoms with E-state index in [4.69, 9.17) is 0 Å². The lowest BCUT2D eigenvalue weighted by Gasteiger charge is -2.28. The van der Waals surface area contributed by atoms with Gasteiger partial charge >= 0.3 is 5.97 Å². The van der Waals surface area contributed by atoms with Gasteiger partial charge in [-0.2, -0.15) is 0 Å². The Balaban J connectivity index is 2.20. The number of benzene rings is 1. The summed E-state index contributed by atoms with van der Waals surface area (Å²) in [5.74, 6) is -0.636. The Morgan fingerprint density at radius 2 is 1.88 bits per heavy atom. The number of carboxylic acid groups (broad SMARTS) is 1. The molecule has 2 atom stereocenters. The van der Waals surface area contributed by atoms with Crippen molar-refractivity contribution < 1.29 is 9.90 Å². The van der Waals surface area contributed by atoms with Gasteiger partial charge in [-0.05, 0) is 29.9 Å². The van der Waals surface area contributed by atoms with Gasteiger partial charge in [0, 0.05) is 5.33 Å². The van der Waals surface area contributed by atoms with Crippen molar-refractivity contribution >= 4 is 21.9 Å². The Morgan fingerprint density at radius 1 is 1.24 bits per heavy atom. The summed E-state index contributed by atoms with van der Waals surface area (Å²) in [5.41, 5.74) is 2.42. The van der Waals surface area contributed by atoms with E-state index in [1.165, 1.54) is 11.1 Å². The summed E-state index contributed by atoms with van der Waals surface area (Å²) in [4.78, 5) is 11.3. The van der Waals surface area contributed by atoms with Crippen LogP contribution in [0.1, 0.15) is 42.7 Å². The van der Waals surface area contributed by atoms with Crippen LogP contribution in [0.3, 0.4) is 0 Å². The first-order valence-electron chi connectivity index (χ1n) is 6.10. The number of rotatable bonds is 3. The van der Waals surface area contributed by atoms with E-state index >= 15 is 0 Å². The molecule has 1 N–H and O–H groups in total. The molecule has 2 nitrogen and oxygen atoms in total. The highest BCUT2D eigenvalue weighted by Gasteiger charge is 2.31. The second-order valence-electron chi connectivity index (χ2n) is 4.71. The first-order chi connectivity index (χ1) is 8.22. The maximum atomic E-state index is 11.3. The molecule has 3 heteroatoms. The normalized spacial score (nSPS) is 24.5. The fourth-order valence-corrected chi connectivity index (χ4v) is 3.05. The molecule has 1 saturated carbocycles. The molecule has 0 radical (unpaired) electrons. The molecule has 0 bridgehead atoms. The zero-order chi connectivity index (χ0) is 12.3. The van der Waals surface area contributed by atoms with Gasteiger partial charge in [0.1, 0.15) is 0 Å². The molecule has 0 amide bonds. The molecule has 0 aliphatic heterocycles. The highest BCUT2D eigenvalue weighted by molar-refractivity contribution is 9.08. The summed E-state index contributed by atoms with van der Waals surface area (Å²) in [6, 6.07) is 8.33. The summed E-state index contributed by atoms with van der Waals surface area (Å²) in [5, 5.41) is 10.1. The van der Waals surface area contributed by atoms with E-state index in [0.29, 0.717) is 0 Å². The van der Waals surface area contributed by atoms with Crippen LogP contribution in [0.2, 0.25) is 0 Å². The second kappa shape index (κ2) is 5.67. The van der Waals surface area contributed by atoms with E-state index in [0.717, 1.165) is 31.0 Å². The van der Waals surface area contributed by atoms with Crippen molar-refractivity contribution in [1.29, 1.82) is 0 Å². The van der Waals surface area contributed by atoms with Crippen LogP contribution < -0.4 is 0 Å². The molecule has 0 aromatic heterocycles. The van der Waals surface area contributed by atoms with Crippen molar-refractivity contribution in [2.75, 3.05) is 0 Å². The van der Waals surface area contributed by atoms with Gasteiger partial charge in [0.2, 0.25) is 0 Å². The van der Waals surface area contributed by atoms with Crippen molar-refractivity contribution in [3.8, 4) is 0 Å². The number of hydrogen-bond acceptors (Lipinski definition) is 1. The minimum atomic E-state index is -0.640. The van der Waals surface area contributed by atoms with Crippen LogP contribution in [0.25, 0.3) is 0 Å². The number of carboxylic acids is 1. The Morgan fingerprint density at radius 3 is 2.47 bits per heavy atom. The van der Waals surface area contributed by atoms with E-state index in [1.807, 2.05) is 0 Å². The van der Waals surface area contributed by atoms with Gasteiger partial charge in [0.15, 0.2) is 0 Å². The molecule has 92 valence electrons. The molecule has 2 rings (SSSR count). The van der Waals surface area contributed by atoms with Crippen LogP contribution in [-0.4, -0.2) is 11.1 Å². The van der Waals surface area contributed by atoms with Crippen LogP contribution in [0, 0.1) is 5.92 Å². The smallest absolute Gasteiger partial charge is 0.307 e. The fourth-order valence-electron chi connectivity index (χ4n) is 2.68. The van der Waals surface area contributed by atoms with Crippen molar-refractivity contribution in [1.82, 2.24) is 0 Å². The maximum Gasteiger partial charge on any atom is 0.307 e. The van der Waals surface area contributed by atoms with Gasteiger partial charge in [0.05, 0.1) is 5.92 Å². The third-order valence-electron chi connectivity index (χ3n) is 3.65. The summed E-state index contributed by atoms with van der Waals surface area (Å²) in [6.45, 7) is 0. The summed E-state index contributed by atoms with van der Waals surface area (Å²) in [7, 11) is 0. The Kier molecular flexibility index (Phi) is 4.21. The van der Waals surface area contributed by atoms with Gasteiger partial charge in [-0.15, -0.1) is 0 Å². The van der Waals surface area contributed by atoms with E-state index in [-0.39, 0.29) is 11.8 Å². The molecule has 0 spiro atoms. The average molecular weight is 297 g/mol. The zero-order valence-corrected chi connectivity index (χ0v) is 11.3. The molecular formula is C14H17BrO2. The van der Waals surface area contributed by atoms with Crippen LogP contribution in [0.15, 0.2) is 24.3 Å². The van der Waals surface area contributed by atoms with Crippen LogP contribution >= 0.6 is 15.9 Å². The van der Waals surface area contributed by atoms with E-state index in [9.17, 15) is 9.90 Å². The monoisotopic (exact) mass is 296 g/mol. The first kappa shape index (κ1) is 12.6. The van der Waals surface area contributed by atoms with Gasteiger partial charge < -0.3 is 5.11 Å². The fraction of sp³-hybridized carbons (Fsp3) is 0.500. The summed E-state index contributed by atoms with van der Waals surface area (Å²) < 4.78 is 0. The SMILES string of the molecule is O=C(O)[C@H]1CCCC[C@@H]1c1ccc(CBr)cc1. The van der Waals surface area contributed by atoms with E-state index in [2.05, 4.69) is 40.2 Å². The van der Waals surface area contributed by atoms with Gasteiger partial charge in [-0.3, -0.25) is 4.79 Å². The lowest BCUT2D eigenvalue weighted by atomic mass is 9.75. The van der Waals surface area contributed by atoms with Crippen LogP contribution in [0.4, 0.5) is 0 Å². The summed E-state index contributed by atoms with van der Waals surface area (Å²) in [6.07, 6.45) is 4.02. The number of aliphatic carboxylic acids is 1. The predicted octanol–water partition coefficient (Wildman–Crippen LogP) is 3.94. The van der Waals surface area contributed by atoms with Gasteiger partial charge in [0.25, 0.3) is 0 Å². The molecule has 0 heterocycles. The van der Waals surface area contributed by atoms with Crippen molar-refractivity contribution in [2.45, 2.75) is 36.9 Å². The van der Waals surface area contributed by atoms with E-state index < -0.39 is 5.97 Å². The molecule has 1 aliphatic rings. The molecule has 1 aromatic rings. The predicted molar refractivity (Wildman–Crippen MR) is 71.4 cm³/mol. The second-order valence-corrected chi connectivity index (χ2v) is 5.27. The minimum Gasteiger partial charge on any atom is -0.481 e. The van der Waals surface area contributed by atoms with E-state index in [1.54, 1.807) is 0 Å². The molecular weight excluding hydrogens is 280 g/mol. The first-order valence-corrected chi connectivity index (χ1v) is 7.22. The maximum absolute atomic E-state index is 11.3. The third kappa shape index (κ3) is 2.89. The standard InChI is InChI=1S/C14H17BrO2/c15-9-10-5-7-11(8-6-10)12-3-1-2-4-13(12)14(16)17/h5-8,12-13H,1-4,9H2,(H,16,17)/t12-,13+/m1/s1. The summed E-state index contributed by atoms with van der Waals surface area (Å²) >= 11 is 3.42. The lowest BCUT2D eigenvalue weighted by molar-refractivity contribution is -0.143. The minimum absolute atomic E-state index is 0.196.